The Labute approximate surface area is 98.5 Å². The van der Waals surface area contributed by atoms with E-state index in [1.165, 1.54) is 0 Å². The van der Waals surface area contributed by atoms with Gasteiger partial charge in [-0.2, -0.15) is 0 Å². The first-order valence-electron chi connectivity index (χ1n) is 5.03. The standard InChI is InChI=1S/C12H11ClN2O/c13-11(16)7-6-10-8-14-12(15-10)9-4-2-1-3-5-9/h1-5,8H,6-7H2,(H,14,15). The summed E-state index contributed by atoms with van der Waals surface area (Å²) in [6, 6.07) is 9.84. The number of aryl methyl sites for hydroxylation is 1. The van der Waals surface area contributed by atoms with E-state index < -0.39 is 0 Å². The second kappa shape index (κ2) is 4.94. The van der Waals surface area contributed by atoms with Crippen LogP contribution >= 0.6 is 11.6 Å². The molecule has 1 aromatic heterocycles. The monoisotopic (exact) mass is 234 g/mol. The van der Waals surface area contributed by atoms with Crippen LogP contribution in [0.1, 0.15) is 12.1 Å². The lowest BCUT2D eigenvalue weighted by atomic mass is 10.2. The first-order valence-corrected chi connectivity index (χ1v) is 5.41. The van der Waals surface area contributed by atoms with Crippen LogP contribution in [-0.4, -0.2) is 15.2 Å². The number of rotatable bonds is 4. The third kappa shape index (κ3) is 2.70. The van der Waals surface area contributed by atoms with Crippen molar-refractivity contribution in [2.75, 3.05) is 0 Å². The number of aromatic nitrogens is 2. The summed E-state index contributed by atoms with van der Waals surface area (Å²) >= 11 is 5.28. The fourth-order valence-corrected chi connectivity index (χ4v) is 1.56. The molecule has 0 aliphatic heterocycles. The quantitative estimate of drug-likeness (QED) is 0.827. The van der Waals surface area contributed by atoms with Gasteiger partial charge in [-0.05, 0) is 18.0 Å². The molecule has 1 aromatic carbocycles. The lowest BCUT2D eigenvalue weighted by Gasteiger charge is -1.95. The van der Waals surface area contributed by atoms with Crippen LogP contribution in [-0.2, 0) is 11.2 Å². The summed E-state index contributed by atoms with van der Waals surface area (Å²) in [4.78, 5) is 18.0. The van der Waals surface area contributed by atoms with Crippen molar-refractivity contribution < 1.29 is 4.79 Å². The minimum Gasteiger partial charge on any atom is -0.342 e. The molecule has 1 N–H and O–H groups in total. The van der Waals surface area contributed by atoms with Crippen LogP contribution in [0.5, 0.6) is 0 Å². The molecule has 0 bridgehead atoms. The Hall–Kier alpha value is -1.61. The van der Waals surface area contributed by atoms with Gasteiger partial charge in [0.1, 0.15) is 5.82 Å². The number of aromatic amines is 1. The Morgan fingerprint density at radius 3 is 2.75 bits per heavy atom. The third-order valence-electron chi connectivity index (χ3n) is 2.27. The van der Waals surface area contributed by atoms with Crippen LogP contribution in [0.15, 0.2) is 36.5 Å². The maximum Gasteiger partial charge on any atom is 0.222 e. The molecule has 2 aromatic rings. The number of halogens is 1. The molecule has 0 amide bonds. The molecule has 16 heavy (non-hydrogen) atoms. The maximum absolute atomic E-state index is 10.6. The predicted octanol–water partition coefficient (Wildman–Crippen LogP) is 2.77. The number of hydrogen-bond donors (Lipinski definition) is 1. The Balaban J connectivity index is 2.11. The molecule has 0 atom stereocenters. The van der Waals surface area contributed by atoms with Crippen molar-refractivity contribution in [3.05, 3.63) is 42.2 Å². The number of carbonyl (C=O) groups excluding carboxylic acids is 1. The summed E-state index contributed by atoms with van der Waals surface area (Å²) in [7, 11) is 0. The van der Waals surface area contributed by atoms with E-state index in [9.17, 15) is 4.79 Å². The summed E-state index contributed by atoms with van der Waals surface area (Å²) in [6.45, 7) is 0. The van der Waals surface area contributed by atoms with E-state index in [1.807, 2.05) is 30.3 Å². The normalized spacial score (nSPS) is 10.3. The highest BCUT2D eigenvalue weighted by molar-refractivity contribution is 6.63. The Kier molecular flexibility index (Phi) is 3.37. The molecule has 4 heteroatoms. The van der Waals surface area contributed by atoms with Crippen molar-refractivity contribution >= 4 is 16.8 Å². The number of benzene rings is 1. The first kappa shape index (κ1) is 10.9. The summed E-state index contributed by atoms with van der Waals surface area (Å²) < 4.78 is 0. The van der Waals surface area contributed by atoms with E-state index in [0.29, 0.717) is 12.8 Å². The molecule has 2 rings (SSSR count). The SMILES string of the molecule is O=C(Cl)CCc1cnc(-c2ccccc2)[nH]1. The highest BCUT2D eigenvalue weighted by Gasteiger charge is 2.04. The van der Waals surface area contributed by atoms with Crippen molar-refractivity contribution in [3.8, 4) is 11.4 Å². The molecule has 3 nitrogen and oxygen atoms in total. The van der Waals surface area contributed by atoms with Crippen LogP contribution in [0.25, 0.3) is 11.4 Å². The van der Waals surface area contributed by atoms with Gasteiger partial charge in [0, 0.05) is 23.9 Å². The average Bonchev–Trinajstić information content (AvgIpc) is 2.76. The molecule has 0 saturated heterocycles. The predicted molar refractivity (Wildman–Crippen MR) is 63.2 cm³/mol. The first-order chi connectivity index (χ1) is 7.75. The highest BCUT2D eigenvalue weighted by Crippen LogP contribution is 2.15. The van der Waals surface area contributed by atoms with Crippen LogP contribution in [0, 0.1) is 0 Å². The summed E-state index contributed by atoms with van der Waals surface area (Å²) in [6.07, 6.45) is 2.67. The lowest BCUT2D eigenvalue weighted by Crippen LogP contribution is -1.91. The van der Waals surface area contributed by atoms with E-state index in [1.54, 1.807) is 6.20 Å². The van der Waals surface area contributed by atoms with Crippen molar-refractivity contribution in [1.29, 1.82) is 0 Å². The molecule has 0 unspecified atom stereocenters. The topological polar surface area (TPSA) is 45.8 Å². The van der Waals surface area contributed by atoms with Gasteiger partial charge < -0.3 is 4.98 Å². The molecule has 0 aliphatic rings. The Bertz CT molecular complexity index is 479. The smallest absolute Gasteiger partial charge is 0.222 e. The fraction of sp³-hybridized carbons (Fsp3) is 0.167. The third-order valence-corrected chi connectivity index (χ3v) is 2.46. The number of carbonyl (C=O) groups is 1. The Morgan fingerprint density at radius 2 is 2.06 bits per heavy atom. The largest absolute Gasteiger partial charge is 0.342 e. The van der Waals surface area contributed by atoms with Crippen molar-refractivity contribution in [2.24, 2.45) is 0 Å². The van der Waals surface area contributed by atoms with Crippen LogP contribution < -0.4 is 0 Å². The van der Waals surface area contributed by atoms with Gasteiger partial charge in [0.05, 0.1) is 0 Å². The zero-order valence-electron chi connectivity index (χ0n) is 8.61. The van der Waals surface area contributed by atoms with Gasteiger partial charge in [-0.25, -0.2) is 4.98 Å². The average molecular weight is 235 g/mol. The molecular formula is C12H11ClN2O. The van der Waals surface area contributed by atoms with E-state index >= 15 is 0 Å². The molecular weight excluding hydrogens is 224 g/mol. The number of nitrogens with one attached hydrogen (secondary N) is 1. The van der Waals surface area contributed by atoms with Crippen molar-refractivity contribution in [1.82, 2.24) is 9.97 Å². The summed E-state index contributed by atoms with van der Waals surface area (Å²) in [5.41, 5.74) is 1.96. The highest BCUT2D eigenvalue weighted by atomic mass is 35.5. The molecule has 0 aliphatic carbocycles. The molecule has 82 valence electrons. The number of hydrogen-bond acceptors (Lipinski definition) is 2. The van der Waals surface area contributed by atoms with Gasteiger partial charge in [0.25, 0.3) is 0 Å². The van der Waals surface area contributed by atoms with E-state index in [0.717, 1.165) is 17.1 Å². The summed E-state index contributed by atoms with van der Waals surface area (Å²) in [5.74, 6) is 0.817. The lowest BCUT2D eigenvalue weighted by molar-refractivity contribution is -0.111. The fourth-order valence-electron chi connectivity index (χ4n) is 1.46. The molecule has 0 spiro atoms. The van der Waals surface area contributed by atoms with Gasteiger partial charge in [0.15, 0.2) is 0 Å². The van der Waals surface area contributed by atoms with Gasteiger partial charge in [0.2, 0.25) is 5.24 Å². The Morgan fingerprint density at radius 1 is 1.31 bits per heavy atom. The van der Waals surface area contributed by atoms with E-state index in [2.05, 4.69) is 9.97 Å². The van der Waals surface area contributed by atoms with E-state index in [4.69, 9.17) is 11.6 Å². The van der Waals surface area contributed by atoms with Crippen molar-refractivity contribution in [3.63, 3.8) is 0 Å². The maximum atomic E-state index is 10.6. The molecule has 0 fully saturated rings. The van der Waals surface area contributed by atoms with Gasteiger partial charge >= 0.3 is 0 Å². The molecule has 1 heterocycles. The summed E-state index contributed by atoms with van der Waals surface area (Å²) in [5, 5.41) is -0.323. The minimum absolute atomic E-state index is 0.323. The molecule has 0 radical (unpaired) electrons. The minimum atomic E-state index is -0.323. The van der Waals surface area contributed by atoms with Gasteiger partial charge in [-0.15, -0.1) is 0 Å². The molecule has 0 saturated carbocycles. The van der Waals surface area contributed by atoms with Crippen LogP contribution in [0.3, 0.4) is 0 Å². The van der Waals surface area contributed by atoms with Gasteiger partial charge in [-0.3, -0.25) is 4.79 Å². The van der Waals surface area contributed by atoms with Crippen molar-refractivity contribution in [2.45, 2.75) is 12.8 Å². The zero-order valence-corrected chi connectivity index (χ0v) is 9.37. The van der Waals surface area contributed by atoms with Crippen LogP contribution in [0.4, 0.5) is 0 Å². The van der Waals surface area contributed by atoms with E-state index in [-0.39, 0.29) is 5.24 Å². The number of H-pyrrole nitrogens is 1. The zero-order chi connectivity index (χ0) is 11.4. The second-order valence-electron chi connectivity index (χ2n) is 3.48. The van der Waals surface area contributed by atoms with Gasteiger partial charge in [-0.1, -0.05) is 30.3 Å². The second-order valence-corrected chi connectivity index (χ2v) is 3.90. The number of nitrogens with zero attached hydrogens (tertiary/aromatic N) is 1. The van der Waals surface area contributed by atoms with Crippen LogP contribution in [0.2, 0.25) is 0 Å². The number of imidazole rings is 1.